The molecule has 3 atom stereocenters. The van der Waals surface area contributed by atoms with Crippen LogP contribution in [0.15, 0.2) is 29.2 Å². The summed E-state index contributed by atoms with van der Waals surface area (Å²) in [5, 5.41) is 12.0. The number of rotatable bonds is 5. The molecular formula is C18H19F3N4O3S. The van der Waals surface area contributed by atoms with Crippen molar-refractivity contribution in [2.24, 2.45) is 11.8 Å². The lowest BCUT2D eigenvalue weighted by Crippen LogP contribution is -2.43. The van der Waals surface area contributed by atoms with Gasteiger partial charge in [-0.2, -0.15) is 9.57 Å². The average Bonchev–Trinajstić information content (AvgIpc) is 3.00. The van der Waals surface area contributed by atoms with Crippen LogP contribution in [0.5, 0.6) is 0 Å². The predicted octanol–water partition coefficient (Wildman–Crippen LogP) is 0.794. The number of likely N-dealkylation sites (tertiary alicyclic amines) is 1. The van der Waals surface area contributed by atoms with Crippen LogP contribution in [0, 0.1) is 29.0 Å². The van der Waals surface area contributed by atoms with Gasteiger partial charge in [-0.05, 0) is 36.1 Å². The summed E-state index contributed by atoms with van der Waals surface area (Å²) in [5.41, 5.74) is 0. The zero-order valence-corrected chi connectivity index (χ0v) is 16.1. The van der Waals surface area contributed by atoms with Crippen LogP contribution in [0.3, 0.4) is 0 Å². The summed E-state index contributed by atoms with van der Waals surface area (Å²) >= 11 is 0. The second-order valence-electron chi connectivity index (χ2n) is 7.74. The van der Waals surface area contributed by atoms with Gasteiger partial charge in [-0.3, -0.25) is 4.79 Å². The maximum atomic E-state index is 13.5. The number of sulfonamides is 1. The number of nitrogens with zero attached hydrogens (tertiary/aromatic N) is 3. The number of benzene rings is 1. The molecule has 1 aromatic rings. The van der Waals surface area contributed by atoms with E-state index in [1.165, 1.54) is 16.4 Å². The van der Waals surface area contributed by atoms with Gasteiger partial charge < -0.3 is 10.2 Å². The Bertz CT molecular complexity index is 952. The molecule has 1 N–H and O–H groups in total. The van der Waals surface area contributed by atoms with E-state index >= 15 is 0 Å². The smallest absolute Gasteiger partial charge is 0.268 e. The molecule has 0 bridgehead atoms. The number of hydrogen-bond donors (Lipinski definition) is 1. The van der Waals surface area contributed by atoms with Crippen LogP contribution in [0.4, 0.5) is 13.2 Å². The molecule has 2 aliphatic heterocycles. The molecular weight excluding hydrogens is 409 g/mol. The molecule has 3 unspecified atom stereocenters. The molecule has 11 heteroatoms. The molecule has 1 aliphatic carbocycles. The summed E-state index contributed by atoms with van der Waals surface area (Å²) in [6.45, 7) is -0.374. The van der Waals surface area contributed by atoms with E-state index in [1.54, 1.807) is 6.07 Å². The van der Waals surface area contributed by atoms with Crippen molar-refractivity contribution in [1.29, 1.82) is 5.26 Å². The standard InChI is InChI=1S/C18H19F3N4O3S/c19-11-1-3-13(4-2-11)29(27,28)24-8-14-15(9-24)17(14)23-7-16(26)25-10-18(20,21)5-12(25)6-22/h1-4,12,14-15,17,23H,5,7-10H2. The number of nitrogens with one attached hydrogen (secondary N) is 1. The van der Waals surface area contributed by atoms with Crippen LogP contribution in [0.1, 0.15) is 6.42 Å². The number of amides is 1. The second-order valence-corrected chi connectivity index (χ2v) is 9.67. The van der Waals surface area contributed by atoms with E-state index in [4.69, 9.17) is 5.26 Å². The lowest BCUT2D eigenvalue weighted by Gasteiger charge is -2.21. The minimum Gasteiger partial charge on any atom is -0.319 e. The summed E-state index contributed by atoms with van der Waals surface area (Å²) in [6, 6.07) is 5.17. The monoisotopic (exact) mass is 428 g/mol. The lowest BCUT2D eigenvalue weighted by atomic mass is 10.2. The van der Waals surface area contributed by atoms with Crippen molar-refractivity contribution in [2.75, 3.05) is 26.2 Å². The van der Waals surface area contributed by atoms with E-state index in [1.807, 2.05) is 0 Å². The molecule has 1 aromatic carbocycles. The maximum absolute atomic E-state index is 13.5. The molecule has 1 saturated carbocycles. The van der Waals surface area contributed by atoms with Gasteiger partial charge >= 0.3 is 0 Å². The van der Waals surface area contributed by atoms with Crippen molar-refractivity contribution < 1.29 is 26.4 Å². The van der Waals surface area contributed by atoms with Crippen LogP contribution >= 0.6 is 0 Å². The van der Waals surface area contributed by atoms with Gasteiger partial charge in [0, 0.05) is 25.6 Å². The van der Waals surface area contributed by atoms with Gasteiger partial charge in [0.1, 0.15) is 11.9 Å². The van der Waals surface area contributed by atoms with Gasteiger partial charge in [0.05, 0.1) is 24.1 Å². The Labute approximate surface area is 166 Å². The number of carbonyl (C=O) groups is 1. The highest BCUT2D eigenvalue weighted by Gasteiger charge is 2.58. The Morgan fingerprint density at radius 1 is 1.24 bits per heavy atom. The number of hydrogen-bond acceptors (Lipinski definition) is 5. The Balaban J connectivity index is 1.30. The molecule has 2 saturated heterocycles. The quantitative estimate of drug-likeness (QED) is 0.749. The first-order chi connectivity index (χ1) is 13.6. The fourth-order valence-corrected chi connectivity index (χ4v) is 5.76. The third kappa shape index (κ3) is 3.72. The van der Waals surface area contributed by atoms with Crippen LogP contribution in [0.25, 0.3) is 0 Å². The van der Waals surface area contributed by atoms with Crippen molar-refractivity contribution in [1.82, 2.24) is 14.5 Å². The van der Waals surface area contributed by atoms with E-state index < -0.39 is 46.7 Å². The normalized spacial score (nSPS) is 30.8. The minimum absolute atomic E-state index is 0.0254. The maximum Gasteiger partial charge on any atom is 0.268 e. The Hall–Kier alpha value is -2.16. The molecule has 4 rings (SSSR count). The number of halogens is 3. The fourth-order valence-electron chi connectivity index (χ4n) is 4.24. The predicted molar refractivity (Wildman–Crippen MR) is 94.6 cm³/mol. The summed E-state index contributed by atoms with van der Waals surface area (Å²) in [5.74, 6) is -4.07. The highest BCUT2D eigenvalue weighted by atomic mass is 32.2. The van der Waals surface area contributed by atoms with E-state index in [2.05, 4.69) is 5.32 Å². The first-order valence-corrected chi connectivity index (χ1v) is 10.6. The van der Waals surface area contributed by atoms with E-state index in [-0.39, 0.29) is 42.4 Å². The Kier molecular flexibility index (Phi) is 4.83. The third-order valence-electron chi connectivity index (χ3n) is 5.84. The molecule has 3 aliphatic rings. The number of nitriles is 1. The van der Waals surface area contributed by atoms with Crippen molar-refractivity contribution in [3.8, 4) is 6.07 Å². The van der Waals surface area contributed by atoms with Crippen LogP contribution in [-0.4, -0.2) is 67.7 Å². The minimum atomic E-state index is -3.71. The van der Waals surface area contributed by atoms with Crippen LogP contribution in [-0.2, 0) is 14.8 Å². The number of carbonyl (C=O) groups excluding carboxylic acids is 1. The van der Waals surface area contributed by atoms with Crippen molar-refractivity contribution in [3.63, 3.8) is 0 Å². The largest absolute Gasteiger partial charge is 0.319 e. The molecule has 1 amide bonds. The van der Waals surface area contributed by atoms with Gasteiger partial charge in [-0.15, -0.1) is 0 Å². The molecule has 2 heterocycles. The Morgan fingerprint density at radius 3 is 2.45 bits per heavy atom. The van der Waals surface area contributed by atoms with Gasteiger partial charge in [0.25, 0.3) is 5.92 Å². The van der Waals surface area contributed by atoms with Gasteiger partial charge in [0.2, 0.25) is 15.9 Å². The van der Waals surface area contributed by atoms with Crippen molar-refractivity contribution >= 4 is 15.9 Å². The summed E-state index contributed by atoms with van der Waals surface area (Å²) in [4.78, 5) is 13.2. The van der Waals surface area contributed by atoms with Crippen molar-refractivity contribution in [2.45, 2.75) is 29.3 Å². The SMILES string of the molecule is N#CC1CC(F)(F)CN1C(=O)CNC1C2CN(S(=O)(=O)c3ccc(F)cc3)CC21. The van der Waals surface area contributed by atoms with Gasteiger partial charge in [-0.1, -0.05) is 0 Å². The van der Waals surface area contributed by atoms with Gasteiger partial charge in [0.15, 0.2) is 0 Å². The molecule has 0 spiro atoms. The van der Waals surface area contributed by atoms with Crippen LogP contribution in [0.2, 0.25) is 0 Å². The zero-order valence-electron chi connectivity index (χ0n) is 15.3. The van der Waals surface area contributed by atoms with E-state index in [0.717, 1.165) is 17.0 Å². The summed E-state index contributed by atoms with van der Waals surface area (Å²) in [6.07, 6.45) is -0.653. The third-order valence-corrected chi connectivity index (χ3v) is 7.69. The highest BCUT2D eigenvalue weighted by molar-refractivity contribution is 7.89. The first kappa shape index (κ1) is 20.1. The van der Waals surface area contributed by atoms with E-state index in [0.29, 0.717) is 0 Å². The average molecular weight is 428 g/mol. The molecule has 7 nitrogen and oxygen atoms in total. The number of piperidine rings is 1. The molecule has 29 heavy (non-hydrogen) atoms. The molecule has 0 aromatic heterocycles. The fraction of sp³-hybridized carbons (Fsp3) is 0.556. The first-order valence-electron chi connectivity index (χ1n) is 9.18. The zero-order chi connectivity index (χ0) is 21.0. The van der Waals surface area contributed by atoms with Crippen molar-refractivity contribution in [3.05, 3.63) is 30.1 Å². The lowest BCUT2D eigenvalue weighted by molar-refractivity contribution is -0.131. The van der Waals surface area contributed by atoms with E-state index in [9.17, 15) is 26.4 Å². The second kappa shape index (κ2) is 6.97. The van der Waals surface area contributed by atoms with Crippen LogP contribution < -0.4 is 5.32 Å². The molecule has 0 radical (unpaired) electrons. The summed E-state index contributed by atoms with van der Waals surface area (Å²) < 4.78 is 66.5. The number of fused-ring (bicyclic) bond motifs is 1. The molecule has 3 fully saturated rings. The molecule has 156 valence electrons. The Morgan fingerprint density at radius 2 is 1.86 bits per heavy atom. The van der Waals surface area contributed by atoms with Gasteiger partial charge in [-0.25, -0.2) is 21.6 Å². The number of alkyl halides is 2. The summed E-state index contributed by atoms with van der Waals surface area (Å²) in [7, 11) is -3.71. The topological polar surface area (TPSA) is 93.5 Å². The highest BCUT2D eigenvalue weighted by Crippen LogP contribution is 2.47.